The zero-order valence-corrected chi connectivity index (χ0v) is 23.2. The molecule has 220 valence electrons. The lowest BCUT2D eigenvalue weighted by Crippen LogP contribution is -2.60. The number of fused-ring (bicyclic) bond motifs is 1. The van der Waals surface area contributed by atoms with Gasteiger partial charge in [-0.15, -0.1) is 0 Å². The summed E-state index contributed by atoms with van der Waals surface area (Å²) in [6.45, 7) is 2.85. The molecule has 0 spiro atoms. The van der Waals surface area contributed by atoms with Crippen LogP contribution in [0.25, 0.3) is 22.2 Å². The van der Waals surface area contributed by atoms with Crippen molar-refractivity contribution in [3.63, 3.8) is 0 Å². The molecule has 2 aromatic carbocycles. The fraction of sp³-hybridized carbons (Fsp3) is 0.333. The van der Waals surface area contributed by atoms with Crippen molar-refractivity contribution in [3.05, 3.63) is 52.9 Å². The first-order valence-electron chi connectivity index (χ1n) is 12.9. The van der Waals surface area contributed by atoms with E-state index in [-0.39, 0.29) is 41.1 Å². The maximum atomic E-state index is 15.5. The summed E-state index contributed by atoms with van der Waals surface area (Å²) in [6.07, 6.45) is -6.24. The van der Waals surface area contributed by atoms with Crippen LogP contribution in [0.3, 0.4) is 0 Å². The number of hydrogen-bond donors (Lipinski definition) is 1. The van der Waals surface area contributed by atoms with Gasteiger partial charge in [0.2, 0.25) is 0 Å². The van der Waals surface area contributed by atoms with Crippen LogP contribution in [0.5, 0.6) is 0 Å². The molecule has 15 heteroatoms. The van der Waals surface area contributed by atoms with Gasteiger partial charge in [0.05, 0.1) is 6.54 Å². The number of alkyl halides is 3. The van der Waals surface area contributed by atoms with Gasteiger partial charge in [0.1, 0.15) is 39.8 Å². The Labute approximate surface area is 240 Å². The molecule has 1 aliphatic rings. The molecular formula is C27H24F5N7O2S. The maximum Gasteiger partial charge on any atom is 0.410 e. The minimum Gasteiger partial charge on any atom is -0.465 e. The van der Waals surface area contributed by atoms with Gasteiger partial charge in [-0.2, -0.15) is 23.5 Å². The predicted molar refractivity (Wildman–Crippen MR) is 147 cm³/mol. The molecular weight excluding hydrogens is 581 g/mol. The minimum absolute atomic E-state index is 0.0578. The molecule has 1 fully saturated rings. The monoisotopic (exact) mass is 605 g/mol. The number of thiazole rings is 1. The minimum atomic E-state index is -4.78. The summed E-state index contributed by atoms with van der Waals surface area (Å²) in [5.74, 6) is -0.916. The summed E-state index contributed by atoms with van der Waals surface area (Å²) in [7, 11) is 0. The van der Waals surface area contributed by atoms with Gasteiger partial charge in [-0.3, -0.25) is 0 Å². The highest BCUT2D eigenvalue weighted by Crippen LogP contribution is 2.41. The summed E-state index contributed by atoms with van der Waals surface area (Å²) in [4.78, 5) is 19.7. The van der Waals surface area contributed by atoms with Crippen molar-refractivity contribution in [2.75, 3.05) is 36.0 Å². The van der Waals surface area contributed by atoms with Gasteiger partial charge in [-0.1, -0.05) is 11.3 Å². The van der Waals surface area contributed by atoms with Crippen LogP contribution in [0.1, 0.15) is 18.7 Å². The standard InChI is InChI=1S/C27H24F5N7O2S/c1-3-37(25-34-22(20(13-33)42-25)15-5-7-16(28)8-6-15)24-18-11-17(12-19(29)23(18)35-39(24)4-2)38-10-9-36(26(40)41)14-21(38)27(30,31)32/h5-8,11-12,21H,3-4,9-10,14H2,1-2H3,(H,40,41). The van der Waals surface area contributed by atoms with Crippen molar-refractivity contribution in [1.29, 1.82) is 5.26 Å². The van der Waals surface area contributed by atoms with Crippen molar-refractivity contribution < 1.29 is 31.9 Å². The van der Waals surface area contributed by atoms with Crippen molar-refractivity contribution in [1.82, 2.24) is 19.7 Å². The third kappa shape index (κ3) is 5.18. The summed E-state index contributed by atoms with van der Waals surface area (Å²) < 4.78 is 72.7. The number of benzene rings is 2. The van der Waals surface area contributed by atoms with E-state index >= 15 is 4.39 Å². The molecule has 1 saturated heterocycles. The molecule has 0 bridgehead atoms. The smallest absolute Gasteiger partial charge is 0.410 e. The Balaban J connectivity index is 1.64. The van der Waals surface area contributed by atoms with E-state index in [1.165, 1.54) is 35.0 Å². The molecule has 5 rings (SSSR count). The molecule has 0 saturated carbocycles. The van der Waals surface area contributed by atoms with E-state index in [1.54, 1.807) is 18.7 Å². The van der Waals surface area contributed by atoms with Gasteiger partial charge < -0.3 is 19.8 Å². The molecule has 9 nitrogen and oxygen atoms in total. The van der Waals surface area contributed by atoms with Gasteiger partial charge in [-0.05, 0) is 50.2 Å². The molecule has 1 atom stereocenters. The van der Waals surface area contributed by atoms with Crippen molar-refractivity contribution in [2.45, 2.75) is 32.6 Å². The molecule has 0 aliphatic carbocycles. The first-order chi connectivity index (χ1) is 20.0. The second-order valence-electron chi connectivity index (χ2n) is 9.48. The number of nitrogens with zero attached hydrogens (tertiary/aromatic N) is 7. The van der Waals surface area contributed by atoms with Crippen molar-refractivity contribution in [3.8, 4) is 17.3 Å². The third-order valence-electron chi connectivity index (χ3n) is 7.05. The fourth-order valence-electron chi connectivity index (χ4n) is 5.06. The van der Waals surface area contributed by atoms with E-state index in [0.717, 1.165) is 22.3 Å². The average Bonchev–Trinajstić information content (AvgIpc) is 3.55. The van der Waals surface area contributed by atoms with Crippen LogP contribution >= 0.6 is 11.3 Å². The summed E-state index contributed by atoms with van der Waals surface area (Å²) >= 11 is 1.07. The molecule has 42 heavy (non-hydrogen) atoms. The van der Waals surface area contributed by atoms with Crippen LogP contribution in [0.4, 0.5) is 43.4 Å². The first-order valence-corrected chi connectivity index (χ1v) is 13.7. The number of hydrogen-bond acceptors (Lipinski definition) is 7. The van der Waals surface area contributed by atoms with Gasteiger partial charge in [0, 0.05) is 42.8 Å². The van der Waals surface area contributed by atoms with Crippen LogP contribution < -0.4 is 9.80 Å². The molecule has 1 unspecified atom stereocenters. The largest absolute Gasteiger partial charge is 0.465 e. The number of amides is 1. The Morgan fingerprint density at radius 3 is 2.50 bits per heavy atom. The molecule has 3 heterocycles. The van der Waals surface area contributed by atoms with Crippen molar-refractivity contribution in [2.24, 2.45) is 0 Å². The number of nitriles is 1. The van der Waals surface area contributed by atoms with E-state index < -0.39 is 36.5 Å². The molecule has 1 amide bonds. The Hall–Kier alpha value is -4.45. The topological polar surface area (TPSA) is 102 Å². The van der Waals surface area contributed by atoms with E-state index in [4.69, 9.17) is 0 Å². The van der Waals surface area contributed by atoms with E-state index in [2.05, 4.69) is 16.2 Å². The second kappa shape index (κ2) is 11.1. The van der Waals surface area contributed by atoms with Gasteiger partial charge in [0.25, 0.3) is 0 Å². The van der Waals surface area contributed by atoms with E-state index in [1.807, 2.05) is 0 Å². The molecule has 4 aromatic rings. The van der Waals surface area contributed by atoms with Gasteiger partial charge in [-0.25, -0.2) is 23.2 Å². The Bertz CT molecular complexity index is 1680. The number of anilines is 3. The lowest BCUT2D eigenvalue weighted by molar-refractivity contribution is -0.155. The lowest BCUT2D eigenvalue weighted by Gasteiger charge is -2.42. The number of carbonyl (C=O) groups is 1. The number of carboxylic acid groups (broad SMARTS) is 1. The highest BCUT2D eigenvalue weighted by atomic mass is 32.1. The SMILES string of the molecule is CCN(c1nc(-c2ccc(F)cc2)c(C#N)s1)c1c2cc(N3CCN(C(=O)O)CC3C(F)(F)F)cc(F)c2nn1CC. The van der Waals surface area contributed by atoms with Crippen LogP contribution in [0, 0.1) is 23.0 Å². The zero-order chi connectivity index (χ0) is 30.3. The normalized spacial score (nSPS) is 15.7. The van der Waals surface area contributed by atoms with Gasteiger partial charge in [0.15, 0.2) is 10.9 Å². The number of piperazine rings is 1. The van der Waals surface area contributed by atoms with Gasteiger partial charge >= 0.3 is 12.3 Å². The first kappa shape index (κ1) is 29.1. The average molecular weight is 606 g/mol. The summed E-state index contributed by atoms with van der Waals surface area (Å²) in [6, 6.07) is 7.83. The molecule has 1 N–H and O–H groups in total. The summed E-state index contributed by atoms with van der Waals surface area (Å²) in [5.41, 5.74) is 0.730. The van der Waals surface area contributed by atoms with Crippen LogP contribution in [-0.2, 0) is 6.54 Å². The number of halogens is 5. The highest BCUT2D eigenvalue weighted by Gasteiger charge is 2.48. The Kier molecular flexibility index (Phi) is 7.67. The summed E-state index contributed by atoms with van der Waals surface area (Å²) in [5, 5.41) is 24.0. The van der Waals surface area contributed by atoms with Crippen molar-refractivity contribution >= 4 is 45.0 Å². The molecule has 2 aromatic heterocycles. The number of aryl methyl sites for hydroxylation is 1. The van der Waals surface area contributed by atoms with E-state index in [9.17, 15) is 32.7 Å². The highest BCUT2D eigenvalue weighted by molar-refractivity contribution is 7.16. The van der Waals surface area contributed by atoms with Crippen LogP contribution in [-0.4, -0.2) is 69.3 Å². The quantitative estimate of drug-likeness (QED) is 0.261. The number of aromatic nitrogens is 3. The second-order valence-corrected chi connectivity index (χ2v) is 10.5. The van der Waals surface area contributed by atoms with E-state index in [0.29, 0.717) is 33.7 Å². The Morgan fingerprint density at radius 2 is 1.90 bits per heavy atom. The molecule has 0 radical (unpaired) electrons. The third-order valence-corrected chi connectivity index (χ3v) is 8.04. The predicted octanol–water partition coefficient (Wildman–Crippen LogP) is 6.22. The van der Waals surface area contributed by atoms with Crippen LogP contribution in [0.15, 0.2) is 36.4 Å². The Morgan fingerprint density at radius 1 is 1.19 bits per heavy atom. The number of rotatable bonds is 6. The zero-order valence-electron chi connectivity index (χ0n) is 22.4. The maximum absolute atomic E-state index is 15.5. The van der Waals surface area contributed by atoms with Crippen LogP contribution in [0.2, 0.25) is 0 Å². The lowest BCUT2D eigenvalue weighted by atomic mass is 10.1. The fourth-order valence-corrected chi connectivity index (χ4v) is 6.01. The molecule has 1 aliphatic heterocycles.